The van der Waals surface area contributed by atoms with Gasteiger partial charge >= 0.3 is 0 Å². The van der Waals surface area contributed by atoms with Gasteiger partial charge in [-0.3, -0.25) is 0 Å². The molecule has 7 heteroatoms. The summed E-state index contributed by atoms with van der Waals surface area (Å²) >= 11 is 6.92. The molecule has 0 amide bonds. The summed E-state index contributed by atoms with van der Waals surface area (Å²) < 4.78 is 23.6. The van der Waals surface area contributed by atoms with Crippen molar-refractivity contribution in [3.05, 3.63) is 33.0 Å². The second-order valence-corrected chi connectivity index (χ2v) is 6.29. The van der Waals surface area contributed by atoms with Crippen LogP contribution in [-0.2, 0) is 14.7 Å². The van der Waals surface area contributed by atoms with Gasteiger partial charge in [-0.25, -0.2) is 8.42 Å². The molecule has 0 aliphatic carbocycles. The number of sulfone groups is 1. The van der Waals surface area contributed by atoms with E-state index in [0.717, 1.165) is 11.7 Å². The summed E-state index contributed by atoms with van der Waals surface area (Å²) in [4.78, 5) is 5.35. The molecule has 0 bridgehead atoms. The Morgan fingerprint density at radius 1 is 1.50 bits per heavy atom. The fourth-order valence-corrected chi connectivity index (χ4v) is 3.53. The normalized spacial score (nSPS) is 24.5. The van der Waals surface area contributed by atoms with Crippen LogP contribution in [-0.4, -0.2) is 8.42 Å². The van der Waals surface area contributed by atoms with Gasteiger partial charge in [0.2, 0.25) is 0 Å². The van der Waals surface area contributed by atoms with Gasteiger partial charge in [0.15, 0.2) is 15.2 Å². The van der Waals surface area contributed by atoms with E-state index in [2.05, 4.69) is 5.48 Å². The average molecular weight is 252 g/mol. The van der Waals surface area contributed by atoms with Gasteiger partial charge in [0, 0.05) is 4.88 Å². The zero-order chi connectivity index (χ0) is 10.2. The first kappa shape index (κ1) is 9.97. The fraction of sp³-hybridized carbons (Fsp3) is 0.143. The maximum Gasteiger partial charge on any atom is 0.198 e. The third-order valence-corrected chi connectivity index (χ3v) is 4.61. The number of thiophene rings is 1. The Morgan fingerprint density at radius 3 is 2.86 bits per heavy atom. The van der Waals surface area contributed by atoms with Crippen LogP contribution in [0.5, 0.6) is 0 Å². The highest BCUT2D eigenvalue weighted by Crippen LogP contribution is 2.31. The lowest BCUT2D eigenvalue weighted by Gasteiger charge is -2.17. The molecule has 0 spiro atoms. The molecule has 0 radical (unpaired) electrons. The molecule has 76 valence electrons. The van der Waals surface area contributed by atoms with Gasteiger partial charge in [0.05, 0.1) is 9.74 Å². The zero-order valence-corrected chi connectivity index (χ0v) is 9.19. The molecule has 14 heavy (non-hydrogen) atoms. The van der Waals surface area contributed by atoms with Crippen LogP contribution in [0.1, 0.15) is 10.3 Å². The molecular formula is C7H6ClNO3S2. The van der Waals surface area contributed by atoms with E-state index in [-0.39, 0.29) is 0 Å². The van der Waals surface area contributed by atoms with Crippen LogP contribution in [0.15, 0.2) is 23.8 Å². The molecule has 4 nitrogen and oxygen atoms in total. The van der Waals surface area contributed by atoms with Gasteiger partial charge in [0.25, 0.3) is 0 Å². The Labute approximate surface area is 90.0 Å². The first-order valence-corrected chi connectivity index (χ1v) is 6.47. The maximum absolute atomic E-state index is 11.5. The molecule has 0 aromatic carbocycles. The highest BCUT2D eigenvalue weighted by molar-refractivity contribution is 7.94. The molecule has 2 rings (SSSR count). The zero-order valence-electron chi connectivity index (χ0n) is 6.81. The van der Waals surface area contributed by atoms with E-state index in [0.29, 0.717) is 9.21 Å². The minimum atomic E-state index is -3.33. The standard InChI is InChI=1S/C7H6ClNO3S2/c8-6-2-1-5(13-6)7-9-12-3-4-14(7,10)11/h1-4,7,9H. The smallest absolute Gasteiger partial charge is 0.198 e. The van der Waals surface area contributed by atoms with Gasteiger partial charge in [0.1, 0.15) is 6.26 Å². The molecule has 1 N–H and O–H groups in total. The molecule has 2 heterocycles. The van der Waals surface area contributed by atoms with E-state index in [1.54, 1.807) is 12.1 Å². The van der Waals surface area contributed by atoms with Crippen molar-refractivity contribution in [3.8, 4) is 0 Å². The number of hydrogen-bond donors (Lipinski definition) is 1. The number of hydrogen-bond acceptors (Lipinski definition) is 5. The molecule has 0 fully saturated rings. The van der Waals surface area contributed by atoms with Gasteiger partial charge < -0.3 is 4.84 Å². The lowest BCUT2D eigenvalue weighted by atomic mass is 10.5. The van der Waals surface area contributed by atoms with Crippen molar-refractivity contribution in [2.75, 3.05) is 0 Å². The Kier molecular flexibility index (Phi) is 2.52. The second kappa shape index (κ2) is 3.54. The summed E-state index contributed by atoms with van der Waals surface area (Å²) in [6.07, 6.45) is 1.10. The van der Waals surface area contributed by atoms with Gasteiger partial charge in [-0.05, 0) is 12.1 Å². The number of hydroxylamine groups is 1. The fourth-order valence-electron chi connectivity index (χ4n) is 1.04. The van der Waals surface area contributed by atoms with Crippen molar-refractivity contribution in [1.29, 1.82) is 0 Å². The van der Waals surface area contributed by atoms with Crippen LogP contribution in [0.2, 0.25) is 4.34 Å². The lowest BCUT2D eigenvalue weighted by Crippen LogP contribution is -2.28. The molecule has 1 aliphatic heterocycles. The van der Waals surface area contributed by atoms with Crippen molar-refractivity contribution in [1.82, 2.24) is 5.48 Å². The summed E-state index contributed by atoms with van der Waals surface area (Å²) in [5.74, 6) is 0. The Hall–Kier alpha value is -0.560. The first-order chi connectivity index (χ1) is 6.59. The number of halogens is 1. The molecule has 0 saturated carbocycles. The SMILES string of the molecule is O=S1(=O)C=CONC1c1ccc(Cl)s1. The van der Waals surface area contributed by atoms with Gasteiger partial charge in [-0.15, -0.1) is 16.8 Å². The van der Waals surface area contributed by atoms with Crippen molar-refractivity contribution in [2.45, 2.75) is 5.37 Å². The predicted molar refractivity (Wildman–Crippen MR) is 54.4 cm³/mol. The summed E-state index contributed by atoms with van der Waals surface area (Å²) in [6, 6.07) is 3.31. The second-order valence-electron chi connectivity index (χ2n) is 2.62. The summed E-state index contributed by atoms with van der Waals surface area (Å²) in [5, 5.41) is 0.173. The Morgan fingerprint density at radius 2 is 2.29 bits per heavy atom. The number of rotatable bonds is 1. The largest absolute Gasteiger partial charge is 0.414 e. The molecule has 0 saturated heterocycles. The van der Waals surface area contributed by atoms with E-state index >= 15 is 0 Å². The number of nitrogens with one attached hydrogen (secondary N) is 1. The van der Waals surface area contributed by atoms with E-state index in [4.69, 9.17) is 16.4 Å². The minimum absolute atomic E-state index is 0.548. The third-order valence-electron chi connectivity index (χ3n) is 1.67. The molecule has 1 aliphatic rings. The molecule has 1 unspecified atom stereocenters. The summed E-state index contributed by atoms with van der Waals surface area (Å²) in [6.45, 7) is 0. The minimum Gasteiger partial charge on any atom is -0.414 e. The monoisotopic (exact) mass is 251 g/mol. The highest BCUT2D eigenvalue weighted by atomic mass is 35.5. The predicted octanol–water partition coefficient (Wildman–Crippen LogP) is 1.82. The van der Waals surface area contributed by atoms with Crippen molar-refractivity contribution >= 4 is 32.8 Å². The Balaban J connectivity index is 2.40. The van der Waals surface area contributed by atoms with Crippen molar-refractivity contribution < 1.29 is 13.3 Å². The van der Waals surface area contributed by atoms with E-state index in [9.17, 15) is 8.42 Å². The van der Waals surface area contributed by atoms with Crippen LogP contribution < -0.4 is 5.48 Å². The van der Waals surface area contributed by atoms with Crippen LogP contribution in [0.3, 0.4) is 0 Å². The van der Waals surface area contributed by atoms with Gasteiger partial charge in [-0.1, -0.05) is 11.6 Å². The lowest BCUT2D eigenvalue weighted by molar-refractivity contribution is 0.120. The Bertz CT molecular complexity index is 465. The third kappa shape index (κ3) is 1.78. The molecule has 1 atom stereocenters. The summed E-state index contributed by atoms with van der Waals surface area (Å²) in [5.41, 5.74) is 2.42. The topological polar surface area (TPSA) is 55.4 Å². The summed E-state index contributed by atoms with van der Waals surface area (Å²) in [7, 11) is -3.33. The average Bonchev–Trinajstić information content (AvgIpc) is 2.51. The van der Waals surface area contributed by atoms with Gasteiger partial charge in [-0.2, -0.15) is 0 Å². The molecular weight excluding hydrogens is 246 g/mol. The highest BCUT2D eigenvalue weighted by Gasteiger charge is 2.29. The van der Waals surface area contributed by atoms with Crippen LogP contribution in [0.25, 0.3) is 0 Å². The van der Waals surface area contributed by atoms with Crippen LogP contribution >= 0.6 is 22.9 Å². The van der Waals surface area contributed by atoms with Crippen molar-refractivity contribution in [2.24, 2.45) is 0 Å². The van der Waals surface area contributed by atoms with E-state index in [1.807, 2.05) is 0 Å². The molecule has 1 aromatic heterocycles. The van der Waals surface area contributed by atoms with Crippen LogP contribution in [0, 0.1) is 0 Å². The molecule has 1 aromatic rings. The first-order valence-electron chi connectivity index (χ1n) is 3.66. The quantitative estimate of drug-likeness (QED) is 0.827. The van der Waals surface area contributed by atoms with Crippen molar-refractivity contribution in [3.63, 3.8) is 0 Å². The van der Waals surface area contributed by atoms with E-state index in [1.165, 1.54) is 11.3 Å². The van der Waals surface area contributed by atoms with Crippen LogP contribution in [0.4, 0.5) is 0 Å². The maximum atomic E-state index is 11.5. The van der Waals surface area contributed by atoms with E-state index < -0.39 is 15.2 Å².